The van der Waals surface area contributed by atoms with E-state index in [0.29, 0.717) is 0 Å². The van der Waals surface area contributed by atoms with Gasteiger partial charge in [0.1, 0.15) is 11.6 Å². The first-order valence-electron chi connectivity index (χ1n) is 11.3. The summed E-state index contributed by atoms with van der Waals surface area (Å²) < 4.78 is 6.01. The first-order valence-corrected chi connectivity index (χ1v) is 11.7. The minimum atomic E-state index is 0.0599. The lowest BCUT2D eigenvalue weighted by atomic mass is 9.85. The van der Waals surface area contributed by atoms with Crippen LogP contribution < -0.4 is 9.80 Å². The van der Waals surface area contributed by atoms with E-state index >= 15 is 0 Å². The summed E-state index contributed by atoms with van der Waals surface area (Å²) in [5.74, 6) is 1.98. The maximum Gasteiger partial charge on any atom is 0.135 e. The van der Waals surface area contributed by atoms with Crippen molar-refractivity contribution in [3.63, 3.8) is 0 Å². The number of aromatic nitrogens is 2. The molecule has 2 saturated heterocycles. The van der Waals surface area contributed by atoms with E-state index < -0.39 is 0 Å². The van der Waals surface area contributed by atoms with Crippen LogP contribution in [0, 0.1) is 6.92 Å². The second-order valence-corrected chi connectivity index (χ2v) is 9.52. The fraction of sp³-hybridized carbons (Fsp3) is 0.440. The van der Waals surface area contributed by atoms with E-state index in [-0.39, 0.29) is 5.60 Å². The second kappa shape index (κ2) is 7.35. The Labute approximate surface area is 188 Å². The molecule has 160 valence electrons. The predicted octanol–water partition coefficient (Wildman–Crippen LogP) is 4.91. The Bertz CT molecular complexity index is 1150. The first kappa shape index (κ1) is 19.3. The Hall–Kier alpha value is -2.37. The van der Waals surface area contributed by atoms with Crippen LogP contribution in [0.5, 0.6) is 0 Å². The van der Waals surface area contributed by atoms with E-state index in [9.17, 15) is 0 Å². The van der Waals surface area contributed by atoms with Crippen molar-refractivity contribution in [1.29, 1.82) is 0 Å². The highest BCUT2D eigenvalue weighted by atomic mass is 35.5. The zero-order valence-electron chi connectivity index (χ0n) is 17.9. The number of piperidine rings is 1. The molecule has 1 spiro atoms. The molecule has 1 aromatic heterocycles. The lowest BCUT2D eigenvalue weighted by Gasteiger charge is -2.49. The third-order valence-electron chi connectivity index (χ3n) is 7.13. The molecule has 1 unspecified atom stereocenters. The van der Waals surface area contributed by atoms with Crippen molar-refractivity contribution in [3.8, 4) is 0 Å². The highest BCUT2D eigenvalue weighted by Gasteiger charge is 2.43. The van der Waals surface area contributed by atoms with Crippen molar-refractivity contribution in [2.45, 2.75) is 44.8 Å². The van der Waals surface area contributed by atoms with Gasteiger partial charge in [-0.3, -0.25) is 0 Å². The topological polar surface area (TPSA) is 41.5 Å². The van der Waals surface area contributed by atoms with Gasteiger partial charge >= 0.3 is 0 Å². The third-order valence-corrected chi connectivity index (χ3v) is 7.45. The van der Waals surface area contributed by atoms with Crippen molar-refractivity contribution in [2.24, 2.45) is 0 Å². The number of fused-ring (bicyclic) bond motifs is 2. The van der Waals surface area contributed by atoms with Gasteiger partial charge in [-0.15, -0.1) is 0 Å². The van der Waals surface area contributed by atoms with Crippen LogP contribution in [-0.4, -0.2) is 41.8 Å². The van der Waals surface area contributed by atoms with Gasteiger partial charge in [0, 0.05) is 42.7 Å². The monoisotopic (exact) mass is 434 g/mol. The summed E-state index contributed by atoms with van der Waals surface area (Å²) in [6.45, 7) is 6.64. The molecule has 0 radical (unpaired) electrons. The lowest BCUT2D eigenvalue weighted by molar-refractivity contribution is -0.151. The molecule has 3 aromatic rings. The summed E-state index contributed by atoms with van der Waals surface area (Å²) in [4.78, 5) is 14.7. The Kier molecular flexibility index (Phi) is 4.58. The van der Waals surface area contributed by atoms with Crippen LogP contribution in [0.3, 0.4) is 0 Å². The Balaban J connectivity index is 1.36. The van der Waals surface area contributed by atoms with Crippen LogP contribution in [0.4, 0.5) is 11.5 Å². The van der Waals surface area contributed by atoms with Crippen molar-refractivity contribution < 1.29 is 4.74 Å². The number of halogens is 1. The fourth-order valence-electron chi connectivity index (χ4n) is 5.53. The first-order chi connectivity index (χ1) is 15.1. The number of aryl methyl sites for hydroxylation is 1. The van der Waals surface area contributed by atoms with Gasteiger partial charge in [0.2, 0.25) is 0 Å². The van der Waals surface area contributed by atoms with E-state index in [1.807, 2.05) is 19.1 Å². The minimum Gasteiger partial charge on any atom is -0.373 e. The van der Waals surface area contributed by atoms with E-state index in [0.717, 1.165) is 67.0 Å². The largest absolute Gasteiger partial charge is 0.373 e. The molecule has 0 bridgehead atoms. The van der Waals surface area contributed by atoms with Gasteiger partial charge in [-0.05, 0) is 43.7 Å². The van der Waals surface area contributed by atoms with Gasteiger partial charge in [-0.1, -0.05) is 35.9 Å². The molecule has 1 atom stereocenters. The van der Waals surface area contributed by atoms with Crippen LogP contribution in [0.2, 0.25) is 5.02 Å². The summed E-state index contributed by atoms with van der Waals surface area (Å²) in [7, 11) is 0. The molecule has 3 aliphatic heterocycles. The zero-order valence-corrected chi connectivity index (χ0v) is 18.7. The van der Waals surface area contributed by atoms with Gasteiger partial charge in [-0.25, -0.2) is 9.97 Å². The van der Waals surface area contributed by atoms with Gasteiger partial charge in [0.25, 0.3) is 0 Å². The van der Waals surface area contributed by atoms with Gasteiger partial charge < -0.3 is 14.5 Å². The van der Waals surface area contributed by atoms with Gasteiger partial charge in [0.05, 0.1) is 29.5 Å². The maximum absolute atomic E-state index is 6.61. The molecule has 0 N–H and O–H groups in total. The van der Waals surface area contributed by atoms with Crippen molar-refractivity contribution in [3.05, 3.63) is 58.5 Å². The van der Waals surface area contributed by atoms with Crippen molar-refractivity contribution in [1.82, 2.24) is 9.97 Å². The summed E-state index contributed by atoms with van der Waals surface area (Å²) in [6.07, 6.45) is 4.45. The van der Waals surface area contributed by atoms with E-state index in [1.54, 1.807) is 0 Å². The third kappa shape index (κ3) is 3.26. The highest BCUT2D eigenvalue weighted by molar-refractivity contribution is 6.36. The number of hydrogen-bond acceptors (Lipinski definition) is 5. The highest BCUT2D eigenvalue weighted by Crippen LogP contribution is 2.40. The molecule has 4 heterocycles. The van der Waals surface area contributed by atoms with Gasteiger partial charge in [-0.2, -0.15) is 0 Å². The number of ether oxygens (including phenoxy) is 1. The summed E-state index contributed by atoms with van der Waals surface area (Å²) >= 11 is 6.61. The number of nitrogens with zero attached hydrogens (tertiary/aromatic N) is 4. The molecule has 5 nitrogen and oxygen atoms in total. The average molecular weight is 435 g/mol. The lowest BCUT2D eigenvalue weighted by Crippen LogP contribution is -2.56. The van der Waals surface area contributed by atoms with E-state index in [2.05, 4.69) is 34.1 Å². The molecule has 3 aliphatic rings. The molecule has 0 amide bonds. The number of hydrogen-bond donors (Lipinski definition) is 0. The van der Waals surface area contributed by atoms with Crippen LogP contribution in [-0.2, 0) is 17.7 Å². The molecule has 31 heavy (non-hydrogen) atoms. The Morgan fingerprint density at radius 3 is 2.68 bits per heavy atom. The number of rotatable bonds is 2. The molecular formula is C25H27ClN4O. The summed E-state index contributed by atoms with van der Waals surface area (Å²) in [6, 6.07) is 12.5. The molecule has 6 heteroatoms. The second-order valence-electron chi connectivity index (χ2n) is 9.11. The SMILES string of the molecule is Cc1nc2c(c(N3CCCC4(CCO4)C3)n1)CCN(c1cccc3cccc(Cl)c13)C2. The molecule has 6 rings (SSSR count). The van der Waals surface area contributed by atoms with Crippen molar-refractivity contribution in [2.75, 3.05) is 36.0 Å². The normalized spacial score (nSPS) is 23.2. The maximum atomic E-state index is 6.61. The quantitative estimate of drug-likeness (QED) is 0.573. The number of benzene rings is 2. The molecule has 0 aliphatic carbocycles. The van der Waals surface area contributed by atoms with Crippen LogP contribution >= 0.6 is 11.6 Å². The van der Waals surface area contributed by atoms with Crippen LogP contribution in [0.15, 0.2) is 36.4 Å². The zero-order chi connectivity index (χ0) is 21.0. The fourth-order valence-corrected chi connectivity index (χ4v) is 5.81. The standard InChI is InChI=1S/C25H27ClN4O/c1-17-27-21-15-29(22-8-3-6-18-5-2-7-20(26)23(18)22)13-9-19(21)24(28-17)30-12-4-10-25(16-30)11-14-31-25/h2-3,5-8H,4,9-16H2,1H3. The summed E-state index contributed by atoms with van der Waals surface area (Å²) in [5.41, 5.74) is 3.70. The predicted molar refractivity (Wildman–Crippen MR) is 125 cm³/mol. The van der Waals surface area contributed by atoms with Crippen LogP contribution in [0.25, 0.3) is 10.8 Å². The van der Waals surface area contributed by atoms with Crippen molar-refractivity contribution >= 4 is 33.9 Å². The minimum absolute atomic E-state index is 0.0599. The van der Waals surface area contributed by atoms with E-state index in [1.165, 1.54) is 35.9 Å². The molecule has 2 aromatic carbocycles. The van der Waals surface area contributed by atoms with Crippen LogP contribution in [0.1, 0.15) is 36.3 Å². The summed E-state index contributed by atoms with van der Waals surface area (Å²) in [5, 5.41) is 3.10. The average Bonchev–Trinajstić information content (AvgIpc) is 2.77. The number of anilines is 2. The smallest absolute Gasteiger partial charge is 0.135 e. The molecular weight excluding hydrogens is 408 g/mol. The molecule has 2 fully saturated rings. The Morgan fingerprint density at radius 2 is 1.87 bits per heavy atom. The molecule has 0 saturated carbocycles. The Morgan fingerprint density at radius 1 is 1.03 bits per heavy atom. The van der Waals surface area contributed by atoms with E-state index in [4.69, 9.17) is 26.3 Å². The van der Waals surface area contributed by atoms with Gasteiger partial charge in [0.15, 0.2) is 0 Å².